The first-order valence-electron chi connectivity index (χ1n) is 4.46. The van der Waals surface area contributed by atoms with E-state index in [1.165, 1.54) is 0 Å². The molecule has 14 heavy (non-hydrogen) atoms. The van der Waals surface area contributed by atoms with Gasteiger partial charge in [-0.1, -0.05) is 0 Å². The predicted molar refractivity (Wildman–Crippen MR) is 54.3 cm³/mol. The Morgan fingerprint density at radius 2 is 2.29 bits per heavy atom. The van der Waals surface area contributed by atoms with Crippen LogP contribution in [0.3, 0.4) is 0 Å². The molecule has 0 bridgehead atoms. The highest BCUT2D eigenvalue weighted by atomic mass is 16.1. The number of rotatable bonds is 1. The van der Waals surface area contributed by atoms with Gasteiger partial charge in [-0.3, -0.25) is 4.79 Å². The minimum atomic E-state index is -0.0388. The van der Waals surface area contributed by atoms with Crippen LogP contribution in [0.2, 0.25) is 0 Å². The highest BCUT2D eigenvalue weighted by molar-refractivity contribution is 5.96. The van der Waals surface area contributed by atoms with E-state index in [0.29, 0.717) is 12.4 Å². The molecule has 1 aromatic heterocycles. The van der Waals surface area contributed by atoms with Crippen LogP contribution in [0, 0.1) is 0 Å². The molecule has 0 saturated heterocycles. The van der Waals surface area contributed by atoms with Crippen LogP contribution in [0.15, 0.2) is 24.4 Å². The molecule has 2 heterocycles. The van der Waals surface area contributed by atoms with Crippen molar-refractivity contribution in [3.05, 3.63) is 30.0 Å². The monoisotopic (exact) mass is 189 g/mol. The fraction of sp³-hybridized carbons (Fsp3) is 0.200. The number of carbonyl (C=O) groups excluding carboxylic acids is 1. The second-order valence-corrected chi connectivity index (χ2v) is 3.18. The zero-order valence-electron chi connectivity index (χ0n) is 7.66. The van der Waals surface area contributed by atoms with E-state index in [9.17, 15) is 4.79 Å². The summed E-state index contributed by atoms with van der Waals surface area (Å²) in [5.41, 5.74) is 7.46. The van der Waals surface area contributed by atoms with Gasteiger partial charge in [-0.2, -0.15) is 0 Å². The number of anilines is 1. The summed E-state index contributed by atoms with van der Waals surface area (Å²) in [7, 11) is 0. The molecule has 0 aromatic carbocycles. The number of aromatic nitrogens is 1. The van der Waals surface area contributed by atoms with E-state index >= 15 is 0 Å². The second-order valence-electron chi connectivity index (χ2n) is 3.18. The number of pyridine rings is 1. The van der Waals surface area contributed by atoms with Gasteiger partial charge in [-0.25, -0.2) is 4.98 Å². The summed E-state index contributed by atoms with van der Waals surface area (Å²) >= 11 is 0. The van der Waals surface area contributed by atoms with E-state index in [4.69, 9.17) is 5.73 Å². The lowest BCUT2D eigenvalue weighted by Gasteiger charge is -2.13. The number of amides is 1. The van der Waals surface area contributed by atoms with Gasteiger partial charge in [-0.05, 0) is 29.7 Å². The smallest absolute Gasteiger partial charge is 0.244 e. The summed E-state index contributed by atoms with van der Waals surface area (Å²) < 4.78 is 0. The zero-order chi connectivity index (χ0) is 9.97. The second kappa shape index (κ2) is 3.49. The lowest BCUT2D eigenvalue weighted by atomic mass is 10.0. The molecular weight excluding hydrogens is 178 g/mol. The SMILES string of the molecule is Nc1ccc(C2=CC(=O)NCC2)cn1. The quantitative estimate of drug-likeness (QED) is 0.678. The molecule has 0 unspecified atom stereocenters. The highest BCUT2D eigenvalue weighted by Crippen LogP contribution is 2.19. The van der Waals surface area contributed by atoms with Crippen molar-refractivity contribution in [2.24, 2.45) is 0 Å². The minimum Gasteiger partial charge on any atom is -0.384 e. The van der Waals surface area contributed by atoms with E-state index in [2.05, 4.69) is 10.3 Å². The van der Waals surface area contributed by atoms with Crippen molar-refractivity contribution in [2.45, 2.75) is 6.42 Å². The molecule has 0 saturated carbocycles. The number of nitrogens with zero attached hydrogens (tertiary/aromatic N) is 1. The Morgan fingerprint density at radius 1 is 1.43 bits per heavy atom. The summed E-state index contributed by atoms with van der Waals surface area (Å²) in [6.45, 7) is 0.690. The first-order chi connectivity index (χ1) is 6.75. The van der Waals surface area contributed by atoms with E-state index in [0.717, 1.165) is 17.6 Å². The fourth-order valence-corrected chi connectivity index (χ4v) is 1.42. The Kier molecular flexibility index (Phi) is 2.18. The van der Waals surface area contributed by atoms with Crippen molar-refractivity contribution in [3.63, 3.8) is 0 Å². The Bertz CT molecular complexity index is 381. The molecular formula is C10H11N3O. The molecule has 0 spiro atoms. The summed E-state index contributed by atoms with van der Waals surface area (Å²) in [4.78, 5) is 15.1. The number of nitrogen functional groups attached to an aromatic ring is 1. The normalized spacial score (nSPS) is 16.0. The average molecular weight is 189 g/mol. The molecule has 72 valence electrons. The van der Waals surface area contributed by atoms with Crippen LogP contribution in [-0.2, 0) is 4.79 Å². The van der Waals surface area contributed by atoms with Crippen LogP contribution < -0.4 is 11.1 Å². The summed E-state index contributed by atoms with van der Waals surface area (Å²) in [6, 6.07) is 3.62. The van der Waals surface area contributed by atoms with Gasteiger partial charge in [0.1, 0.15) is 5.82 Å². The van der Waals surface area contributed by atoms with Crippen LogP contribution in [0.4, 0.5) is 5.82 Å². The van der Waals surface area contributed by atoms with Gasteiger partial charge in [0.25, 0.3) is 0 Å². The van der Waals surface area contributed by atoms with Crippen molar-refractivity contribution >= 4 is 17.3 Å². The Balaban J connectivity index is 2.30. The molecule has 2 rings (SSSR count). The summed E-state index contributed by atoms with van der Waals surface area (Å²) in [5, 5.41) is 2.73. The fourth-order valence-electron chi connectivity index (χ4n) is 1.42. The molecule has 0 fully saturated rings. The lowest BCUT2D eigenvalue weighted by Crippen LogP contribution is -2.26. The predicted octanol–water partition coefficient (Wildman–Crippen LogP) is 0.567. The van der Waals surface area contributed by atoms with Crippen LogP contribution in [0.25, 0.3) is 5.57 Å². The standard InChI is InChI=1S/C10H11N3O/c11-9-2-1-8(6-13-9)7-3-4-12-10(14)5-7/h1-2,5-6H,3-4H2,(H2,11,13)(H,12,14). The van der Waals surface area contributed by atoms with E-state index in [1.54, 1.807) is 18.3 Å². The third-order valence-corrected chi connectivity index (χ3v) is 2.16. The summed E-state index contributed by atoms with van der Waals surface area (Å²) in [5.74, 6) is 0.456. The largest absolute Gasteiger partial charge is 0.384 e. The first-order valence-corrected chi connectivity index (χ1v) is 4.46. The molecule has 3 N–H and O–H groups in total. The van der Waals surface area contributed by atoms with E-state index < -0.39 is 0 Å². The van der Waals surface area contributed by atoms with Gasteiger partial charge in [0.05, 0.1) is 0 Å². The molecule has 1 aliphatic rings. The average Bonchev–Trinajstić information content (AvgIpc) is 2.19. The third-order valence-electron chi connectivity index (χ3n) is 2.16. The minimum absolute atomic E-state index is 0.0388. The number of nitrogens with two attached hydrogens (primary N) is 1. The maximum atomic E-state index is 11.1. The topological polar surface area (TPSA) is 68.0 Å². The molecule has 0 radical (unpaired) electrons. The molecule has 1 aromatic rings. The van der Waals surface area contributed by atoms with Crippen molar-refractivity contribution in [2.75, 3.05) is 12.3 Å². The van der Waals surface area contributed by atoms with Gasteiger partial charge in [0.2, 0.25) is 5.91 Å². The number of carbonyl (C=O) groups is 1. The van der Waals surface area contributed by atoms with Gasteiger partial charge in [-0.15, -0.1) is 0 Å². The van der Waals surface area contributed by atoms with Crippen molar-refractivity contribution < 1.29 is 4.79 Å². The van der Waals surface area contributed by atoms with Gasteiger partial charge in [0, 0.05) is 18.8 Å². The molecule has 4 heteroatoms. The number of nitrogens with one attached hydrogen (secondary N) is 1. The lowest BCUT2D eigenvalue weighted by molar-refractivity contribution is -0.116. The number of hydrogen-bond acceptors (Lipinski definition) is 3. The van der Waals surface area contributed by atoms with Crippen LogP contribution in [0.1, 0.15) is 12.0 Å². The Morgan fingerprint density at radius 3 is 2.93 bits per heavy atom. The van der Waals surface area contributed by atoms with Crippen LogP contribution >= 0.6 is 0 Å². The zero-order valence-corrected chi connectivity index (χ0v) is 7.66. The Labute approximate surface area is 81.8 Å². The van der Waals surface area contributed by atoms with Crippen molar-refractivity contribution in [3.8, 4) is 0 Å². The molecule has 1 amide bonds. The maximum absolute atomic E-state index is 11.1. The molecule has 4 nitrogen and oxygen atoms in total. The van der Waals surface area contributed by atoms with Gasteiger partial charge < -0.3 is 11.1 Å². The Hall–Kier alpha value is -1.84. The van der Waals surface area contributed by atoms with Crippen molar-refractivity contribution in [1.82, 2.24) is 10.3 Å². The number of hydrogen-bond donors (Lipinski definition) is 2. The third kappa shape index (κ3) is 1.74. The van der Waals surface area contributed by atoms with Gasteiger partial charge >= 0.3 is 0 Å². The van der Waals surface area contributed by atoms with E-state index in [1.807, 2.05) is 6.07 Å². The summed E-state index contributed by atoms with van der Waals surface area (Å²) in [6.07, 6.45) is 4.15. The van der Waals surface area contributed by atoms with Gasteiger partial charge in [0.15, 0.2) is 0 Å². The molecule has 0 atom stereocenters. The highest BCUT2D eigenvalue weighted by Gasteiger charge is 2.10. The van der Waals surface area contributed by atoms with Crippen LogP contribution in [0.5, 0.6) is 0 Å². The maximum Gasteiger partial charge on any atom is 0.244 e. The van der Waals surface area contributed by atoms with E-state index in [-0.39, 0.29) is 5.91 Å². The molecule has 1 aliphatic heterocycles. The first kappa shape index (κ1) is 8.74. The molecule has 0 aliphatic carbocycles. The van der Waals surface area contributed by atoms with Crippen LogP contribution in [-0.4, -0.2) is 17.4 Å². The van der Waals surface area contributed by atoms with Crippen molar-refractivity contribution in [1.29, 1.82) is 0 Å².